The van der Waals surface area contributed by atoms with Gasteiger partial charge < -0.3 is 4.74 Å². The molecular weight excluding hydrogens is 176 g/mol. The molecule has 0 spiro atoms. The Morgan fingerprint density at radius 3 is 2.62 bits per heavy atom. The summed E-state index contributed by atoms with van der Waals surface area (Å²) in [6.07, 6.45) is 2.55. The van der Waals surface area contributed by atoms with Gasteiger partial charge in [0.05, 0.1) is 6.61 Å². The molecule has 1 rings (SSSR count). The minimum atomic E-state index is 0.268. The first kappa shape index (κ1) is 10.3. The molecule has 1 nitrogen and oxygen atoms in total. The van der Waals surface area contributed by atoms with Crippen LogP contribution in [-0.2, 0) is 0 Å². The molecule has 0 saturated carbocycles. The average molecular weight is 194 g/mol. The summed E-state index contributed by atoms with van der Waals surface area (Å²) in [4.78, 5) is 0. The minimum Gasteiger partial charge on any atom is -0.494 e. The minimum absolute atomic E-state index is 0.268. The van der Waals surface area contributed by atoms with Gasteiger partial charge >= 0.3 is 0 Å². The van der Waals surface area contributed by atoms with Crippen molar-refractivity contribution in [3.8, 4) is 5.75 Å². The second kappa shape index (κ2) is 6.72. The van der Waals surface area contributed by atoms with Crippen molar-refractivity contribution in [1.29, 1.82) is 0 Å². The molecule has 13 heavy (non-hydrogen) atoms. The van der Waals surface area contributed by atoms with Gasteiger partial charge in [-0.2, -0.15) is 0 Å². The first-order valence-corrected chi connectivity index (χ1v) is 7.52. The first-order chi connectivity index (χ1) is 6.43. The number of hydrogen-bond donors (Lipinski definition) is 0. The quantitative estimate of drug-likeness (QED) is 0.499. The van der Waals surface area contributed by atoms with Crippen LogP contribution in [0.5, 0.6) is 5.75 Å². The van der Waals surface area contributed by atoms with Crippen LogP contribution < -0.4 is 4.74 Å². The van der Waals surface area contributed by atoms with Crippen molar-refractivity contribution in [2.75, 3.05) is 6.61 Å². The van der Waals surface area contributed by atoms with E-state index in [1.165, 1.54) is 18.9 Å². The monoisotopic (exact) mass is 194 g/mol. The van der Waals surface area contributed by atoms with E-state index in [1.54, 1.807) is 0 Å². The number of unbranched alkanes of at least 4 members (excludes halogenated alkanes) is 1. The molecule has 0 N–H and O–H groups in total. The van der Waals surface area contributed by atoms with Gasteiger partial charge in [0.2, 0.25) is 0 Å². The van der Waals surface area contributed by atoms with E-state index in [1.807, 2.05) is 30.3 Å². The maximum absolute atomic E-state index is 5.57. The van der Waals surface area contributed by atoms with Gasteiger partial charge in [0, 0.05) is 9.52 Å². The van der Waals surface area contributed by atoms with Crippen LogP contribution >= 0.6 is 0 Å². The molecule has 1 aromatic rings. The summed E-state index contributed by atoms with van der Waals surface area (Å²) in [7, 11) is 0.268. The number of rotatable bonds is 6. The summed E-state index contributed by atoms with van der Waals surface area (Å²) in [5, 5.41) is 0. The summed E-state index contributed by atoms with van der Waals surface area (Å²) in [5.41, 5.74) is 0. The summed E-state index contributed by atoms with van der Waals surface area (Å²) >= 11 is 0. The third-order valence-electron chi connectivity index (χ3n) is 2.01. The molecular formula is C11H18OSi. The molecule has 0 radical (unpaired) electrons. The van der Waals surface area contributed by atoms with E-state index in [2.05, 4.69) is 6.55 Å². The van der Waals surface area contributed by atoms with Crippen LogP contribution in [0.2, 0.25) is 12.6 Å². The second-order valence-corrected chi connectivity index (χ2v) is 4.93. The van der Waals surface area contributed by atoms with Crippen molar-refractivity contribution in [2.45, 2.75) is 25.4 Å². The second-order valence-electron chi connectivity index (χ2n) is 3.22. The van der Waals surface area contributed by atoms with Crippen LogP contribution in [0.15, 0.2) is 30.3 Å². The van der Waals surface area contributed by atoms with E-state index in [4.69, 9.17) is 4.74 Å². The highest BCUT2D eigenvalue weighted by atomic mass is 28.2. The highest BCUT2D eigenvalue weighted by Crippen LogP contribution is 2.09. The summed E-state index contributed by atoms with van der Waals surface area (Å²) in [6.45, 7) is 3.23. The van der Waals surface area contributed by atoms with E-state index >= 15 is 0 Å². The summed E-state index contributed by atoms with van der Waals surface area (Å²) < 4.78 is 5.57. The SMILES string of the molecule is C[SiH2]CCCCOc1ccccc1. The predicted molar refractivity (Wildman–Crippen MR) is 60.4 cm³/mol. The fourth-order valence-electron chi connectivity index (χ4n) is 1.24. The van der Waals surface area contributed by atoms with Gasteiger partial charge in [-0.1, -0.05) is 37.2 Å². The van der Waals surface area contributed by atoms with E-state index in [-0.39, 0.29) is 9.52 Å². The Bertz CT molecular complexity index is 211. The topological polar surface area (TPSA) is 9.23 Å². The smallest absolute Gasteiger partial charge is 0.119 e. The Morgan fingerprint density at radius 2 is 1.92 bits per heavy atom. The van der Waals surface area contributed by atoms with Gasteiger partial charge in [0.25, 0.3) is 0 Å². The van der Waals surface area contributed by atoms with E-state index in [0.717, 1.165) is 12.4 Å². The van der Waals surface area contributed by atoms with Crippen LogP contribution in [-0.4, -0.2) is 16.1 Å². The Labute approximate surface area is 82.9 Å². The van der Waals surface area contributed by atoms with Gasteiger partial charge in [-0.05, 0) is 18.6 Å². The molecule has 0 unspecified atom stereocenters. The number of para-hydroxylation sites is 1. The van der Waals surface area contributed by atoms with Crippen LogP contribution in [0.1, 0.15) is 12.8 Å². The zero-order valence-electron chi connectivity index (χ0n) is 8.33. The lowest BCUT2D eigenvalue weighted by atomic mass is 10.3. The van der Waals surface area contributed by atoms with Gasteiger partial charge in [-0.25, -0.2) is 0 Å². The zero-order valence-corrected chi connectivity index (χ0v) is 9.74. The predicted octanol–water partition coefficient (Wildman–Crippen LogP) is 2.48. The van der Waals surface area contributed by atoms with Crippen molar-refractivity contribution >= 4 is 9.52 Å². The molecule has 0 aromatic heterocycles. The number of ether oxygens (including phenoxy) is 1. The Balaban J connectivity index is 2.07. The van der Waals surface area contributed by atoms with Crippen LogP contribution in [0.3, 0.4) is 0 Å². The molecule has 0 aliphatic carbocycles. The highest BCUT2D eigenvalue weighted by Gasteiger charge is 1.91. The Kier molecular flexibility index (Phi) is 5.33. The fraction of sp³-hybridized carbons (Fsp3) is 0.455. The van der Waals surface area contributed by atoms with Crippen molar-refractivity contribution in [3.05, 3.63) is 30.3 Å². The van der Waals surface area contributed by atoms with Crippen LogP contribution in [0.4, 0.5) is 0 Å². The molecule has 0 saturated heterocycles. The fourth-order valence-corrected chi connectivity index (χ4v) is 2.09. The molecule has 0 aliphatic heterocycles. The molecule has 72 valence electrons. The molecule has 0 aliphatic rings. The molecule has 2 heteroatoms. The maximum atomic E-state index is 5.57. The standard InChI is InChI=1S/C11H18OSi/c1-13-10-6-5-9-12-11-7-3-2-4-8-11/h2-4,7-8H,5-6,9-10,13H2,1H3. The molecule has 0 heterocycles. The molecule has 1 aromatic carbocycles. The van der Waals surface area contributed by atoms with E-state index in [0.29, 0.717) is 0 Å². The average Bonchev–Trinajstić information content (AvgIpc) is 2.19. The third kappa shape index (κ3) is 4.73. The van der Waals surface area contributed by atoms with Gasteiger partial charge in [0.15, 0.2) is 0 Å². The largest absolute Gasteiger partial charge is 0.494 e. The van der Waals surface area contributed by atoms with Crippen LogP contribution in [0.25, 0.3) is 0 Å². The first-order valence-electron chi connectivity index (χ1n) is 5.11. The molecule has 0 atom stereocenters. The van der Waals surface area contributed by atoms with Gasteiger partial charge in [-0.15, -0.1) is 0 Å². The third-order valence-corrected chi connectivity index (χ3v) is 3.22. The number of hydrogen-bond acceptors (Lipinski definition) is 1. The van der Waals surface area contributed by atoms with Crippen molar-refractivity contribution in [1.82, 2.24) is 0 Å². The lowest BCUT2D eigenvalue weighted by Crippen LogP contribution is -1.97. The lowest BCUT2D eigenvalue weighted by molar-refractivity contribution is 0.309. The highest BCUT2D eigenvalue weighted by molar-refractivity contribution is 6.33. The normalized spacial score (nSPS) is 10.8. The number of benzene rings is 1. The van der Waals surface area contributed by atoms with Crippen molar-refractivity contribution < 1.29 is 4.74 Å². The van der Waals surface area contributed by atoms with E-state index in [9.17, 15) is 0 Å². The molecule has 0 fully saturated rings. The Hall–Kier alpha value is -0.763. The van der Waals surface area contributed by atoms with Crippen molar-refractivity contribution in [2.24, 2.45) is 0 Å². The summed E-state index contributed by atoms with van der Waals surface area (Å²) in [6, 6.07) is 11.5. The molecule has 0 amide bonds. The van der Waals surface area contributed by atoms with Gasteiger partial charge in [-0.3, -0.25) is 0 Å². The Morgan fingerprint density at radius 1 is 1.15 bits per heavy atom. The molecule has 0 bridgehead atoms. The van der Waals surface area contributed by atoms with Crippen molar-refractivity contribution in [3.63, 3.8) is 0 Å². The maximum Gasteiger partial charge on any atom is 0.119 e. The lowest BCUT2D eigenvalue weighted by Gasteiger charge is -2.04. The zero-order chi connectivity index (χ0) is 9.36. The van der Waals surface area contributed by atoms with E-state index < -0.39 is 0 Å². The van der Waals surface area contributed by atoms with Crippen LogP contribution in [0, 0.1) is 0 Å². The summed E-state index contributed by atoms with van der Waals surface area (Å²) in [5.74, 6) is 0.997. The van der Waals surface area contributed by atoms with Gasteiger partial charge in [0.1, 0.15) is 5.75 Å².